The van der Waals surface area contributed by atoms with E-state index in [0.29, 0.717) is 5.56 Å². The molecule has 4 heteroatoms. The number of anilines is 2. The van der Waals surface area contributed by atoms with Gasteiger partial charge < -0.3 is 15.5 Å². The maximum atomic E-state index is 12.0. The zero-order valence-corrected chi connectivity index (χ0v) is 12.0. The molecule has 1 aliphatic rings. The second-order valence-corrected chi connectivity index (χ2v) is 5.48. The fourth-order valence-electron chi connectivity index (χ4n) is 2.59. The molecule has 1 amide bonds. The smallest absolute Gasteiger partial charge is 0.253 e. The molecule has 4 nitrogen and oxygen atoms in total. The standard InChI is InChI=1S/C15H23N3O/c1-4-11-7-8-18(10-11)14-9-12(5-6-13(14)16)15(19)17(2)3/h5-6,9,11H,4,7-8,10,16H2,1-3H3. The van der Waals surface area contributed by atoms with Gasteiger partial charge in [0.1, 0.15) is 0 Å². The van der Waals surface area contributed by atoms with Gasteiger partial charge >= 0.3 is 0 Å². The fourth-order valence-corrected chi connectivity index (χ4v) is 2.59. The number of nitrogens with two attached hydrogens (primary N) is 1. The maximum absolute atomic E-state index is 12.0. The molecule has 2 N–H and O–H groups in total. The van der Waals surface area contributed by atoms with Gasteiger partial charge in [0.25, 0.3) is 5.91 Å². The average Bonchev–Trinajstić information content (AvgIpc) is 2.87. The number of carbonyl (C=O) groups excluding carboxylic acids is 1. The Morgan fingerprint density at radius 2 is 2.21 bits per heavy atom. The molecule has 0 aromatic heterocycles. The Bertz CT molecular complexity index is 470. The lowest BCUT2D eigenvalue weighted by Gasteiger charge is -2.22. The molecule has 1 heterocycles. The van der Waals surface area contributed by atoms with Gasteiger partial charge in [-0.05, 0) is 30.5 Å². The van der Waals surface area contributed by atoms with Crippen LogP contribution in [0.3, 0.4) is 0 Å². The highest BCUT2D eigenvalue weighted by molar-refractivity contribution is 5.96. The van der Waals surface area contributed by atoms with Gasteiger partial charge in [-0.25, -0.2) is 0 Å². The molecule has 1 atom stereocenters. The van der Waals surface area contributed by atoms with Crippen LogP contribution in [-0.2, 0) is 0 Å². The summed E-state index contributed by atoms with van der Waals surface area (Å²) in [4.78, 5) is 15.9. The third-order valence-electron chi connectivity index (χ3n) is 3.89. The normalized spacial score (nSPS) is 18.7. The van der Waals surface area contributed by atoms with Gasteiger partial charge in [0.15, 0.2) is 0 Å². The van der Waals surface area contributed by atoms with E-state index in [-0.39, 0.29) is 5.91 Å². The average molecular weight is 261 g/mol. The number of nitrogen functional groups attached to an aromatic ring is 1. The van der Waals surface area contributed by atoms with Crippen LogP contribution in [0.4, 0.5) is 11.4 Å². The van der Waals surface area contributed by atoms with Crippen molar-refractivity contribution in [3.8, 4) is 0 Å². The monoisotopic (exact) mass is 261 g/mol. The van der Waals surface area contributed by atoms with E-state index in [1.807, 2.05) is 12.1 Å². The Kier molecular flexibility index (Phi) is 3.98. The largest absolute Gasteiger partial charge is 0.397 e. The highest BCUT2D eigenvalue weighted by atomic mass is 16.2. The van der Waals surface area contributed by atoms with E-state index in [1.54, 1.807) is 25.1 Å². The van der Waals surface area contributed by atoms with E-state index in [2.05, 4.69) is 11.8 Å². The molecular formula is C15H23N3O. The van der Waals surface area contributed by atoms with E-state index >= 15 is 0 Å². The highest BCUT2D eigenvalue weighted by Gasteiger charge is 2.23. The van der Waals surface area contributed by atoms with Crippen molar-refractivity contribution in [1.29, 1.82) is 0 Å². The molecule has 1 unspecified atom stereocenters. The SMILES string of the molecule is CCC1CCN(c2cc(C(=O)N(C)C)ccc2N)C1. The predicted octanol–water partition coefficient (Wildman–Crippen LogP) is 2.21. The molecule has 19 heavy (non-hydrogen) atoms. The van der Waals surface area contributed by atoms with Crippen molar-refractivity contribution >= 4 is 17.3 Å². The first-order valence-corrected chi connectivity index (χ1v) is 6.89. The molecular weight excluding hydrogens is 238 g/mol. The molecule has 0 aliphatic carbocycles. The summed E-state index contributed by atoms with van der Waals surface area (Å²) in [6, 6.07) is 5.57. The molecule has 1 aromatic rings. The van der Waals surface area contributed by atoms with Crippen LogP contribution >= 0.6 is 0 Å². The lowest BCUT2D eigenvalue weighted by atomic mass is 10.1. The van der Waals surface area contributed by atoms with Gasteiger partial charge in [-0.15, -0.1) is 0 Å². The van der Waals surface area contributed by atoms with Crippen molar-refractivity contribution in [2.45, 2.75) is 19.8 Å². The highest BCUT2D eigenvalue weighted by Crippen LogP contribution is 2.31. The molecule has 0 bridgehead atoms. The summed E-state index contributed by atoms with van der Waals surface area (Å²) in [5.41, 5.74) is 8.53. The second-order valence-electron chi connectivity index (χ2n) is 5.48. The molecule has 1 saturated heterocycles. The van der Waals surface area contributed by atoms with E-state index in [9.17, 15) is 4.79 Å². The summed E-state index contributed by atoms with van der Waals surface area (Å²) in [7, 11) is 3.53. The molecule has 1 fully saturated rings. The van der Waals surface area contributed by atoms with Crippen molar-refractivity contribution in [3.63, 3.8) is 0 Å². The quantitative estimate of drug-likeness (QED) is 0.849. The summed E-state index contributed by atoms with van der Waals surface area (Å²) in [6.45, 7) is 4.30. The van der Waals surface area contributed by atoms with Crippen molar-refractivity contribution in [3.05, 3.63) is 23.8 Å². The van der Waals surface area contributed by atoms with Crippen molar-refractivity contribution < 1.29 is 4.79 Å². The molecule has 0 radical (unpaired) electrons. The molecule has 1 aromatic carbocycles. The second kappa shape index (κ2) is 5.51. The third kappa shape index (κ3) is 2.83. The first kappa shape index (κ1) is 13.7. The van der Waals surface area contributed by atoms with Crippen LogP contribution in [0.15, 0.2) is 18.2 Å². The summed E-state index contributed by atoms with van der Waals surface area (Å²) >= 11 is 0. The Morgan fingerprint density at radius 1 is 1.47 bits per heavy atom. The topological polar surface area (TPSA) is 49.6 Å². The van der Waals surface area contributed by atoms with Gasteiger partial charge in [-0.3, -0.25) is 4.79 Å². The summed E-state index contributed by atoms with van der Waals surface area (Å²) in [6.07, 6.45) is 2.41. The van der Waals surface area contributed by atoms with E-state index in [4.69, 9.17) is 5.73 Å². The van der Waals surface area contributed by atoms with Crippen LogP contribution in [-0.4, -0.2) is 38.0 Å². The zero-order chi connectivity index (χ0) is 14.0. The summed E-state index contributed by atoms with van der Waals surface area (Å²) in [5, 5.41) is 0. The first-order valence-electron chi connectivity index (χ1n) is 6.89. The van der Waals surface area contributed by atoms with Crippen LogP contribution in [0.25, 0.3) is 0 Å². The molecule has 104 valence electrons. The minimum absolute atomic E-state index is 0.0208. The summed E-state index contributed by atoms with van der Waals surface area (Å²) < 4.78 is 0. The van der Waals surface area contributed by atoms with Crippen LogP contribution in [0.2, 0.25) is 0 Å². The molecule has 0 saturated carbocycles. The Morgan fingerprint density at radius 3 is 2.79 bits per heavy atom. The van der Waals surface area contributed by atoms with Crippen molar-refractivity contribution in [2.75, 3.05) is 37.8 Å². The van der Waals surface area contributed by atoms with Gasteiger partial charge in [-0.1, -0.05) is 13.3 Å². The summed E-state index contributed by atoms with van der Waals surface area (Å²) in [5.74, 6) is 0.764. The molecule has 1 aliphatic heterocycles. The van der Waals surface area contributed by atoms with Gasteiger partial charge in [-0.2, -0.15) is 0 Å². The molecule has 2 rings (SSSR count). The number of hydrogen-bond donors (Lipinski definition) is 1. The number of hydrogen-bond acceptors (Lipinski definition) is 3. The minimum Gasteiger partial charge on any atom is -0.397 e. The van der Waals surface area contributed by atoms with E-state index in [1.165, 1.54) is 12.8 Å². The van der Waals surface area contributed by atoms with Gasteiger partial charge in [0.05, 0.1) is 11.4 Å². The Hall–Kier alpha value is -1.71. The van der Waals surface area contributed by atoms with Crippen LogP contribution in [0.5, 0.6) is 0 Å². The van der Waals surface area contributed by atoms with Crippen molar-refractivity contribution in [2.24, 2.45) is 5.92 Å². The number of rotatable bonds is 3. The molecule has 0 spiro atoms. The third-order valence-corrected chi connectivity index (χ3v) is 3.89. The maximum Gasteiger partial charge on any atom is 0.253 e. The zero-order valence-electron chi connectivity index (χ0n) is 12.0. The van der Waals surface area contributed by atoms with Crippen LogP contribution in [0, 0.1) is 5.92 Å². The van der Waals surface area contributed by atoms with Crippen LogP contribution in [0.1, 0.15) is 30.1 Å². The van der Waals surface area contributed by atoms with E-state index in [0.717, 1.165) is 30.4 Å². The number of nitrogens with zero attached hydrogens (tertiary/aromatic N) is 2. The Balaban J connectivity index is 2.25. The van der Waals surface area contributed by atoms with Gasteiger partial charge in [0.2, 0.25) is 0 Å². The Labute approximate surface area is 115 Å². The predicted molar refractivity (Wildman–Crippen MR) is 79.5 cm³/mol. The van der Waals surface area contributed by atoms with Gasteiger partial charge in [0, 0.05) is 32.7 Å². The lowest BCUT2D eigenvalue weighted by molar-refractivity contribution is 0.0827. The van der Waals surface area contributed by atoms with Crippen LogP contribution < -0.4 is 10.6 Å². The fraction of sp³-hybridized carbons (Fsp3) is 0.533. The number of amides is 1. The first-order chi connectivity index (χ1) is 9.02. The number of carbonyl (C=O) groups is 1. The van der Waals surface area contributed by atoms with E-state index < -0.39 is 0 Å². The minimum atomic E-state index is 0.0208. The number of benzene rings is 1. The van der Waals surface area contributed by atoms with Crippen molar-refractivity contribution in [1.82, 2.24) is 4.90 Å². The lowest BCUT2D eigenvalue weighted by Crippen LogP contribution is -2.24.